The Morgan fingerprint density at radius 2 is 1.69 bits per heavy atom. The molecule has 0 bridgehead atoms. The molecule has 1 aromatic carbocycles. The number of hydrogen-bond acceptors (Lipinski definition) is 15. The van der Waals surface area contributed by atoms with Gasteiger partial charge in [-0.2, -0.15) is 0 Å². The summed E-state index contributed by atoms with van der Waals surface area (Å²) < 4.78 is 37.5. The van der Waals surface area contributed by atoms with Crippen molar-refractivity contribution >= 4 is 36.0 Å². The van der Waals surface area contributed by atoms with Gasteiger partial charge in [0.1, 0.15) is 35.8 Å². The number of aromatic nitrogens is 2. The van der Waals surface area contributed by atoms with E-state index in [9.17, 15) is 29.1 Å². The van der Waals surface area contributed by atoms with Crippen LogP contribution in [0.15, 0.2) is 48.8 Å². The first kappa shape index (κ1) is 50.0. The van der Waals surface area contributed by atoms with Crippen LogP contribution in [-0.4, -0.2) is 131 Å². The number of rotatable bonds is 11. The monoisotopic (exact) mass is 893 g/mol. The van der Waals surface area contributed by atoms with Crippen LogP contribution in [-0.2, 0) is 42.8 Å². The lowest BCUT2D eigenvalue weighted by molar-refractivity contribution is -0.298. The van der Waals surface area contributed by atoms with Crippen LogP contribution in [0, 0.1) is 23.7 Å². The molecule has 0 saturated carbocycles. The molecule has 0 spiro atoms. The van der Waals surface area contributed by atoms with E-state index in [2.05, 4.69) is 20.6 Å². The molecule has 0 radical (unpaired) electrons. The van der Waals surface area contributed by atoms with Gasteiger partial charge in [0.15, 0.2) is 17.7 Å². The van der Waals surface area contributed by atoms with E-state index in [-0.39, 0.29) is 43.7 Å². The molecule has 3 aliphatic heterocycles. The third-order valence-corrected chi connectivity index (χ3v) is 12.9. The van der Waals surface area contributed by atoms with Crippen molar-refractivity contribution in [1.29, 1.82) is 0 Å². The molecule has 17 nitrogen and oxygen atoms in total. The van der Waals surface area contributed by atoms with Gasteiger partial charge in [-0.3, -0.25) is 14.4 Å². The van der Waals surface area contributed by atoms with Crippen molar-refractivity contribution in [3.8, 4) is 11.4 Å². The first-order chi connectivity index (χ1) is 30.2. The molecular formula is C47H67N5O12. The van der Waals surface area contributed by atoms with Crippen molar-refractivity contribution in [2.45, 2.75) is 148 Å². The van der Waals surface area contributed by atoms with Crippen molar-refractivity contribution in [3.05, 3.63) is 54.4 Å². The highest BCUT2D eigenvalue weighted by Gasteiger charge is 2.58. The lowest BCUT2D eigenvalue weighted by atomic mass is 9.73. The number of esters is 2. The number of nitrogens with one attached hydrogen (secondary N) is 2. The Morgan fingerprint density at radius 1 is 1.02 bits per heavy atom. The number of ether oxygens (including phenoxy) is 6. The number of amides is 2. The fourth-order valence-corrected chi connectivity index (χ4v) is 9.45. The van der Waals surface area contributed by atoms with Gasteiger partial charge in [0.25, 0.3) is 0 Å². The molecular weight excluding hydrogens is 827 g/mol. The normalized spacial score (nSPS) is 35.1. The zero-order valence-corrected chi connectivity index (χ0v) is 38.9. The molecule has 0 aliphatic carbocycles. The van der Waals surface area contributed by atoms with Crippen LogP contribution in [0.5, 0.6) is 0 Å². The molecule has 17 heteroatoms. The number of fused-ring (bicyclic) bond motifs is 1. The minimum atomic E-state index is -1.73. The average Bonchev–Trinajstić information content (AvgIpc) is 3.58. The number of carbonyl (C=O) groups excluding carboxylic acids is 5. The second kappa shape index (κ2) is 21.3. The van der Waals surface area contributed by atoms with Gasteiger partial charge in [-0.05, 0) is 72.7 Å². The summed E-state index contributed by atoms with van der Waals surface area (Å²) in [5, 5.41) is 17.3. The first-order valence-electron chi connectivity index (χ1n) is 22.3. The van der Waals surface area contributed by atoms with E-state index in [1.807, 2.05) is 56.3 Å². The summed E-state index contributed by atoms with van der Waals surface area (Å²) in [6.45, 7) is 15.2. The number of carbonyl (C=O) groups is 5. The molecule has 14 atom stereocenters. The maximum absolute atomic E-state index is 14.6. The standard InChI is InChI=1S/C47H67N5O12/c1-12-34-47(9)39(51-45(58)64-47)28(5)36(54)26(3)25-46(8,63-44(57)50-21-14-16-31-17-19-32(20-18-31)41-48-22-15-23-49-41)40(62-43-37(55)33(52(10)11)24-27(4)59-43)29(6)38(61-35(53)13-2)30(7)42(56)60-34/h14-20,22-23,26-30,33-34,37-40,43,55H,12-13,21,24-25H2,1-11H3,(H,50,57)(H,51,58)/b16-14+/t26-,27-,28+,29+,30-,33+,34-,37-,38+,39-,40-,43+,46-,47-/m1/s1. The third-order valence-electron chi connectivity index (χ3n) is 12.9. The van der Waals surface area contributed by atoms with E-state index in [0.29, 0.717) is 12.2 Å². The van der Waals surface area contributed by atoms with E-state index < -0.39 is 95.7 Å². The van der Waals surface area contributed by atoms with E-state index in [4.69, 9.17) is 28.4 Å². The van der Waals surface area contributed by atoms with Gasteiger partial charge in [0.2, 0.25) is 0 Å². The van der Waals surface area contributed by atoms with Crippen LogP contribution in [0.25, 0.3) is 17.5 Å². The Morgan fingerprint density at radius 3 is 2.31 bits per heavy atom. The molecule has 2 aromatic rings. The Bertz CT molecular complexity index is 1970. The van der Waals surface area contributed by atoms with Crippen molar-refractivity contribution in [2.24, 2.45) is 23.7 Å². The van der Waals surface area contributed by atoms with Crippen molar-refractivity contribution in [3.63, 3.8) is 0 Å². The highest BCUT2D eigenvalue weighted by atomic mass is 16.7. The van der Waals surface area contributed by atoms with E-state index in [1.54, 1.807) is 79.9 Å². The Labute approximate surface area is 376 Å². The van der Waals surface area contributed by atoms with E-state index in [0.717, 1.165) is 11.1 Å². The number of Topliss-reactive ketones (excluding diaryl/α,β-unsaturated/α-hetero) is 1. The summed E-state index contributed by atoms with van der Waals surface area (Å²) in [7, 11) is 3.67. The van der Waals surface area contributed by atoms with E-state index >= 15 is 0 Å². The summed E-state index contributed by atoms with van der Waals surface area (Å²) in [4.78, 5) is 79.5. The second-order valence-electron chi connectivity index (χ2n) is 18.1. The van der Waals surface area contributed by atoms with Crippen LogP contribution in [0.2, 0.25) is 0 Å². The molecule has 352 valence electrons. The van der Waals surface area contributed by atoms with Gasteiger partial charge in [0.05, 0.1) is 18.1 Å². The number of aliphatic hydroxyl groups is 1. The number of aliphatic hydroxyl groups excluding tert-OH is 1. The summed E-state index contributed by atoms with van der Waals surface area (Å²) in [5.41, 5.74) is -1.48. The van der Waals surface area contributed by atoms with Crippen molar-refractivity contribution in [2.75, 3.05) is 20.6 Å². The maximum atomic E-state index is 14.6. The first-order valence-corrected chi connectivity index (χ1v) is 22.3. The number of alkyl carbamates (subject to hydrolysis) is 2. The Balaban J connectivity index is 1.55. The fraction of sp³-hybridized carbons (Fsp3) is 0.638. The molecule has 4 heterocycles. The van der Waals surface area contributed by atoms with Crippen LogP contribution >= 0.6 is 0 Å². The zero-order chi connectivity index (χ0) is 47.1. The number of likely N-dealkylation sites (N-methyl/N-ethyl adjacent to an activating group) is 1. The minimum absolute atomic E-state index is 0.0271. The summed E-state index contributed by atoms with van der Waals surface area (Å²) >= 11 is 0. The van der Waals surface area contributed by atoms with Crippen molar-refractivity contribution < 1.29 is 57.5 Å². The molecule has 3 fully saturated rings. The number of nitrogens with zero attached hydrogens (tertiary/aromatic N) is 3. The average molecular weight is 894 g/mol. The second-order valence-corrected chi connectivity index (χ2v) is 18.1. The molecule has 3 aliphatic rings. The molecule has 5 rings (SSSR count). The predicted octanol–water partition coefficient (Wildman–Crippen LogP) is 5.48. The van der Waals surface area contributed by atoms with Gasteiger partial charge in [-0.15, -0.1) is 0 Å². The van der Waals surface area contributed by atoms with Crippen LogP contribution in [0.1, 0.15) is 93.6 Å². The van der Waals surface area contributed by atoms with Gasteiger partial charge >= 0.3 is 24.1 Å². The quantitative estimate of drug-likeness (QED) is 0.188. The topological polar surface area (TPSA) is 214 Å². The number of ketones is 1. The fourth-order valence-electron chi connectivity index (χ4n) is 9.45. The van der Waals surface area contributed by atoms with Gasteiger partial charge < -0.3 is 49.1 Å². The number of hydrogen-bond donors (Lipinski definition) is 3. The van der Waals surface area contributed by atoms with Gasteiger partial charge in [-0.25, -0.2) is 19.6 Å². The number of cyclic esters (lactones) is 1. The molecule has 3 saturated heterocycles. The highest BCUT2D eigenvalue weighted by molar-refractivity contribution is 5.85. The minimum Gasteiger partial charge on any atom is -0.461 e. The summed E-state index contributed by atoms with van der Waals surface area (Å²) in [6.07, 6.45) is -0.495. The molecule has 2 amide bonds. The Kier molecular flexibility index (Phi) is 16.7. The summed E-state index contributed by atoms with van der Waals surface area (Å²) in [6, 6.07) is 8.03. The molecule has 0 unspecified atom stereocenters. The lowest BCUT2D eigenvalue weighted by Gasteiger charge is -2.48. The molecule has 1 aromatic heterocycles. The van der Waals surface area contributed by atoms with Crippen LogP contribution in [0.4, 0.5) is 9.59 Å². The molecule has 64 heavy (non-hydrogen) atoms. The van der Waals surface area contributed by atoms with E-state index in [1.165, 1.54) is 0 Å². The van der Waals surface area contributed by atoms with Gasteiger partial charge in [-0.1, -0.05) is 71.0 Å². The highest BCUT2D eigenvalue weighted by Crippen LogP contribution is 2.42. The lowest BCUT2D eigenvalue weighted by Crippen LogP contribution is -2.61. The van der Waals surface area contributed by atoms with Crippen LogP contribution < -0.4 is 10.6 Å². The third kappa shape index (κ3) is 11.5. The van der Waals surface area contributed by atoms with Crippen LogP contribution in [0.3, 0.4) is 0 Å². The van der Waals surface area contributed by atoms with Crippen molar-refractivity contribution in [1.82, 2.24) is 25.5 Å². The smallest absolute Gasteiger partial charge is 0.408 e. The maximum Gasteiger partial charge on any atom is 0.408 e. The number of benzene rings is 1. The van der Waals surface area contributed by atoms with Gasteiger partial charge in [0, 0.05) is 54.7 Å². The largest absolute Gasteiger partial charge is 0.461 e. The summed E-state index contributed by atoms with van der Waals surface area (Å²) in [5.74, 6) is -4.90. The SMILES string of the molecule is CCC(=O)O[C@H]1[C@H](C)[C@@H](O[C@@H]2O[C@H](C)C[C@H](N(C)C)[C@H]2O)[C@](C)(OC(=O)NC/C=C/c2ccc(-c3ncccn3)cc2)C[C@@H](C)C(=O)[C@H](C)[C@H]2NC(=O)O[C@]2(C)[C@@H](CC)OC(=O)[C@@H]1C. The zero-order valence-electron chi connectivity index (χ0n) is 38.9. The predicted molar refractivity (Wildman–Crippen MR) is 235 cm³/mol. The molecule has 3 N–H and O–H groups in total. The Hall–Kier alpha value is -4.97.